The third kappa shape index (κ3) is 4.47. The number of rotatable bonds is 7. The van der Waals surface area contributed by atoms with Gasteiger partial charge in [-0.1, -0.05) is 55.3 Å². The molecule has 130 valence electrons. The van der Waals surface area contributed by atoms with E-state index >= 15 is 0 Å². The number of quaternary nitrogens is 1. The number of para-hydroxylation sites is 1. The van der Waals surface area contributed by atoms with Crippen LogP contribution in [0.4, 0.5) is 0 Å². The number of unbranched alkanes of at least 4 members (excludes halogenated alkanes) is 1. The van der Waals surface area contributed by atoms with Crippen LogP contribution in [-0.4, -0.2) is 16.5 Å². The molecule has 1 heterocycles. The van der Waals surface area contributed by atoms with Crippen molar-refractivity contribution in [2.24, 2.45) is 0 Å². The number of aromatic amines is 1. The zero-order chi connectivity index (χ0) is 17.6. The quantitative estimate of drug-likeness (QED) is 0.683. The predicted molar refractivity (Wildman–Crippen MR) is 102 cm³/mol. The maximum Gasteiger partial charge on any atom is 0.258 e. The minimum atomic E-state index is -0.0758. The second-order valence-electron chi connectivity index (χ2n) is 6.33. The average molecular weight is 357 g/mol. The molecule has 1 unspecified atom stereocenters. The summed E-state index contributed by atoms with van der Waals surface area (Å²) >= 11 is 6.32. The van der Waals surface area contributed by atoms with E-state index in [1.54, 1.807) is 6.07 Å². The predicted octanol–water partition coefficient (Wildman–Crippen LogP) is 2.96. The van der Waals surface area contributed by atoms with Gasteiger partial charge in [-0.25, -0.2) is 4.98 Å². The fourth-order valence-electron chi connectivity index (χ4n) is 3.03. The van der Waals surface area contributed by atoms with E-state index < -0.39 is 0 Å². The van der Waals surface area contributed by atoms with Gasteiger partial charge in [-0.2, -0.15) is 0 Å². The summed E-state index contributed by atoms with van der Waals surface area (Å²) in [5.41, 5.74) is 1.79. The van der Waals surface area contributed by atoms with Crippen LogP contribution in [0.3, 0.4) is 0 Å². The first kappa shape index (κ1) is 17.6. The van der Waals surface area contributed by atoms with E-state index in [0.717, 1.165) is 47.9 Å². The van der Waals surface area contributed by atoms with Gasteiger partial charge in [0.25, 0.3) is 5.56 Å². The summed E-state index contributed by atoms with van der Waals surface area (Å²) in [5.74, 6) is 0.724. The molecule has 25 heavy (non-hydrogen) atoms. The van der Waals surface area contributed by atoms with Crippen LogP contribution in [0.1, 0.15) is 31.2 Å². The Balaban J connectivity index is 1.85. The summed E-state index contributed by atoms with van der Waals surface area (Å²) in [6.45, 7) is 4.68. The second kappa shape index (κ2) is 8.28. The Morgan fingerprint density at radius 2 is 1.84 bits per heavy atom. The normalized spacial score (nSPS) is 12.4. The summed E-state index contributed by atoms with van der Waals surface area (Å²) < 4.78 is 0. The fraction of sp³-hybridized carbons (Fsp3) is 0.300. The van der Waals surface area contributed by atoms with Crippen molar-refractivity contribution in [1.82, 2.24) is 9.97 Å². The molecule has 0 aliphatic carbocycles. The molecule has 4 nitrogen and oxygen atoms in total. The first-order valence-electron chi connectivity index (χ1n) is 8.72. The Kier molecular flexibility index (Phi) is 5.84. The maximum atomic E-state index is 12.3. The lowest BCUT2D eigenvalue weighted by molar-refractivity contribution is -0.928. The SMILES string of the molecule is CCCC[NH+](Cc1nc2ccccc2c(=O)[nH]1)Cc1ccccc1Cl. The van der Waals surface area contributed by atoms with Crippen LogP contribution < -0.4 is 10.5 Å². The standard InChI is InChI=1S/C20H22ClN3O/c1-2-3-12-24(13-15-8-4-6-10-17(15)21)14-19-22-18-11-7-5-9-16(18)20(25)23-19/h4-11H,2-3,12-14H2,1H3,(H,22,23,25)/p+1. The molecule has 0 amide bonds. The number of nitrogens with one attached hydrogen (secondary N) is 2. The van der Waals surface area contributed by atoms with Crippen LogP contribution in [-0.2, 0) is 13.1 Å². The highest BCUT2D eigenvalue weighted by atomic mass is 35.5. The number of hydrogen-bond donors (Lipinski definition) is 2. The highest BCUT2D eigenvalue weighted by molar-refractivity contribution is 6.31. The van der Waals surface area contributed by atoms with E-state index in [0.29, 0.717) is 11.9 Å². The van der Waals surface area contributed by atoms with Gasteiger partial charge in [0.1, 0.15) is 13.1 Å². The van der Waals surface area contributed by atoms with Crippen LogP contribution >= 0.6 is 11.6 Å². The van der Waals surface area contributed by atoms with Gasteiger partial charge in [-0.05, 0) is 24.6 Å². The van der Waals surface area contributed by atoms with Gasteiger partial charge in [-0.3, -0.25) is 4.79 Å². The van der Waals surface area contributed by atoms with Crippen molar-refractivity contribution in [2.75, 3.05) is 6.54 Å². The minimum Gasteiger partial charge on any atom is -0.325 e. The Bertz CT molecular complexity index is 907. The molecule has 3 rings (SSSR count). The van der Waals surface area contributed by atoms with Crippen molar-refractivity contribution in [1.29, 1.82) is 0 Å². The molecule has 0 fully saturated rings. The largest absolute Gasteiger partial charge is 0.325 e. The number of H-pyrrole nitrogens is 1. The first-order valence-corrected chi connectivity index (χ1v) is 9.10. The van der Waals surface area contributed by atoms with E-state index in [1.807, 2.05) is 36.4 Å². The van der Waals surface area contributed by atoms with Crippen molar-refractivity contribution in [3.05, 3.63) is 75.3 Å². The Labute approximate surface area is 152 Å². The van der Waals surface area contributed by atoms with E-state index in [-0.39, 0.29) is 5.56 Å². The summed E-state index contributed by atoms with van der Waals surface area (Å²) in [4.78, 5) is 21.2. The smallest absolute Gasteiger partial charge is 0.258 e. The van der Waals surface area contributed by atoms with E-state index in [2.05, 4.69) is 23.0 Å². The fourth-order valence-corrected chi connectivity index (χ4v) is 3.24. The van der Waals surface area contributed by atoms with Crippen LogP contribution in [0.25, 0.3) is 10.9 Å². The van der Waals surface area contributed by atoms with Gasteiger partial charge in [0.05, 0.1) is 17.4 Å². The highest BCUT2D eigenvalue weighted by Gasteiger charge is 2.14. The number of halogens is 1. The van der Waals surface area contributed by atoms with Gasteiger partial charge >= 0.3 is 0 Å². The number of nitrogens with zero attached hydrogens (tertiary/aromatic N) is 1. The van der Waals surface area contributed by atoms with Gasteiger partial charge < -0.3 is 9.88 Å². The van der Waals surface area contributed by atoms with E-state index in [1.165, 1.54) is 4.90 Å². The van der Waals surface area contributed by atoms with E-state index in [9.17, 15) is 4.79 Å². The molecule has 2 aromatic carbocycles. The molecule has 0 radical (unpaired) electrons. The zero-order valence-corrected chi connectivity index (χ0v) is 15.1. The highest BCUT2D eigenvalue weighted by Crippen LogP contribution is 2.13. The first-order chi connectivity index (χ1) is 12.2. The van der Waals surface area contributed by atoms with Gasteiger partial charge in [0.2, 0.25) is 0 Å². The molecule has 0 aliphatic heterocycles. The minimum absolute atomic E-state index is 0.0758. The third-order valence-electron chi connectivity index (χ3n) is 4.36. The molecule has 3 aromatic rings. The number of benzene rings is 2. The van der Waals surface area contributed by atoms with Crippen LogP contribution in [0.2, 0.25) is 5.02 Å². The summed E-state index contributed by atoms with van der Waals surface area (Å²) in [7, 11) is 0. The molecule has 1 aromatic heterocycles. The monoisotopic (exact) mass is 356 g/mol. The molecular weight excluding hydrogens is 334 g/mol. The molecule has 0 saturated heterocycles. The molecule has 1 atom stereocenters. The lowest BCUT2D eigenvalue weighted by atomic mass is 10.2. The summed E-state index contributed by atoms with van der Waals surface area (Å²) in [5, 5.41) is 1.42. The van der Waals surface area contributed by atoms with Crippen molar-refractivity contribution in [2.45, 2.75) is 32.9 Å². The Morgan fingerprint density at radius 3 is 2.64 bits per heavy atom. The molecule has 0 aliphatic rings. The number of hydrogen-bond acceptors (Lipinski definition) is 2. The van der Waals surface area contributed by atoms with Crippen molar-refractivity contribution in [3.8, 4) is 0 Å². The Hall–Kier alpha value is -2.17. The van der Waals surface area contributed by atoms with Gasteiger partial charge in [0.15, 0.2) is 5.82 Å². The summed E-state index contributed by atoms with van der Waals surface area (Å²) in [6, 6.07) is 15.4. The average Bonchev–Trinajstić information content (AvgIpc) is 2.61. The number of aromatic nitrogens is 2. The van der Waals surface area contributed by atoms with Crippen molar-refractivity contribution < 1.29 is 4.90 Å². The lowest BCUT2D eigenvalue weighted by Crippen LogP contribution is -3.09. The topological polar surface area (TPSA) is 50.2 Å². The second-order valence-corrected chi connectivity index (χ2v) is 6.74. The van der Waals surface area contributed by atoms with Crippen molar-refractivity contribution in [3.63, 3.8) is 0 Å². The molecular formula is C20H23ClN3O+. The molecule has 2 N–H and O–H groups in total. The lowest BCUT2D eigenvalue weighted by Gasteiger charge is -2.19. The maximum absolute atomic E-state index is 12.3. The van der Waals surface area contributed by atoms with Crippen LogP contribution in [0, 0.1) is 0 Å². The molecule has 5 heteroatoms. The molecule has 0 spiro atoms. The zero-order valence-electron chi connectivity index (χ0n) is 14.4. The molecule has 0 saturated carbocycles. The van der Waals surface area contributed by atoms with E-state index in [4.69, 9.17) is 11.6 Å². The van der Waals surface area contributed by atoms with Gasteiger partial charge in [-0.15, -0.1) is 0 Å². The third-order valence-corrected chi connectivity index (χ3v) is 4.73. The Morgan fingerprint density at radius 1 is 1.08 bits per heavy atom. The number of fused-ring (bicyclic) bond motifs is 1. The van der Waals surface area contributed by atoms with Crippen LogP contribution in [0.5, 0.6) is 0 Å². The summed E-state index contributed by atoms with van der Waals surface area (Å²) in [6.07, 6.45) is 2.26. The van der Waals surface area contributed by atoms with Crippen LogP contribution in [0.15, 0.2) is 53.3 Å². The molecule has 0 bridgehead atoms. The van der Waals surface area contributed by atoms with Crippen molar-refractivity contribution >= 4 is 22.5 Å². The van der Waals surface area contributed by atoms with Gasteiger partial charge in [0, 0.05) is 10.6 Å².